The second-order valence-corrected chi connectivity index (χ2v) is 12.9. The highest BCUT2D eigenvalue weighted by Gasteiger charge is 2.48. The lowest BCUT2D eigenvalue weighted by molar-refractivity contribution is -0.138. The van der Waals surface area contributed by atoms with Gasteiger partial charge in [0.2, 0.25) is 5.91 Å². The maximum Gasteiger partial charge on any atom is 0.441 e. The Hall–Kier alpha value is -4.98. The molecular weight excluding hydrogens is 693 g/mol. The lowest BCUT2D eigenvalue weighted by Crippen LogP contribution is -2.56. The van der Waals surface area contributed by atoms with Crippen molar-refractivity contribution in [2.45, 2.75) is 38.0 Å². The number of hydrogen-bond donors (Lipinski definition) is 0. The Morgan fingerprint density at radius 1 is 1.04 bits per heavy atom. The molecule has 2 amide bonds. The first-order chi connectivity index (χ1) is 22.9. The van der Waals surface area contributed by atoms with Gasteiger partial charge in [0.05, 0.1) is 29.4 Å². The molecule has 48 heavy (non-hydrogen) atoms. The molecule has 0 radical (unpaired) electrons. The number of rotatable bonds is 5. The van der Waals surface area contributed by atoms with Gasteiger partial charge in [0.25, 0.3) is 5.91 Å². The number of carbonyl (C=O) groups is 2. The Labute approximate surface area is 280 Å². The lowest BCUT2D eigenvalue weighted by atomic mass is 9.84. The maximum absolute atomic E-state index is 14.5. The van der Waals surface area contributed by atoms with Crippen LogP contribution >= 0.6 is 15.9 Å². The monoisotopic (exact) mass is 720 g/mol. The molecule has 0 saturated carbocycles. The molecule has 14 heteroatoms. The average molecular weight is 722 g/mol. The molecule has 3 aromatic carbocycles. The van der Waals surface area contributed by atoms with Crippen LogP contribution < -0.4 is 10.7 Å². The summed E-state index contributed by atoms with van der Waals surface area (Å²) in [6, 6.07) is 19.2. The number of nitrogens with zero attached hydrogens (tertiary/aromatic N) is 6. The van der Waals surface area contributed by atoms with E-state index in [1.54, 1.807) is 54.0 Å². The van der Waals surface area contributed by atoms with Gasteiger partial charge in [-0.2, -0.15) is 18.3 Å². The molecule has 3 atom stereocenters. The summed E-state index contributed by atoms with van der Waals surface area (Å²) in [5, 5.41) is 8.59. The first kappa shape index (κ1) is 31.6. The number of amides is 2. The molecule has 2 aliphatic heterocycles. The fourth-order valence-electron chi connectivity index (χ4n) is 6.64. The van der Waals surface area contributed by atoms with Crippen LogP contribution in [0.2, 0.25) is 0 Å². The van der Waals surface area contributed by atoms with E-state index in [-0.39, 0.29) is 28.9 Å². The molecular formula is C34H28BrF3N6O4. The summed E-state index contributed by atoms with van der Waals surface area (Å²) < 4.78 is 48.7. The van der Waals surface area contributed by atoms with Gasteiger partial charge in [0.15, 0.2) is 5.82 Å². The van der Waals surface area contributed by atoms with Crippen LogP contribution in [-0.4, -0.2) is 48.8 Å². The number of fused-ring (bicyclic) bond motifs is 3. The summed E-state index contributed by atoms with van der Waals surface area (Å²) in [5.74, 6) is -0.994. The third-order valence-corrected chi connectivity index (χ3v) is 9.77. The van der Waals surface area contributed by atoms with E-state index < -0.39 is 41.4 Å². The maximum atomic E-state index is 14.5. The minimum absolute atomic E-state index is 0.0836. The Kier molecular flexibility index (Phi) is 7.85. The Morgan fingerprint density at radius 2 is 1.77 bits per heavy atom. The molecule has 2 aliphatic rings. The van der Waals surface area contributed by atoms with Crippen molar-refractivity contribution in [2.24, 2.45) is 13.0 Å². The first-order valence-corrected chi connectivity index (χ1v) is 16.0. The van der Waals surface area contributed by atoms with E-state index in [0.29, 0.717) is 29.3 Å². The van der Waals surface area contributed by atoms with Crippen LogP contribution in [0.25, 0.3) is 11.4 Å². The summed E-state index contributed by atoms with van der Waals surface area (Å²) >= 11 is 2.94. The van der Waals surface area contributed by atoms with Gasteiger partial charge in [-0.25, -0.2) is 9.48 Å². The number of benzene rings is 3. The highest BCUT2D eigenvalue weighted by molar-refractivity contribution is 9.10. The van der Waals surface area contributed by atoms with E-state index >= 15 is 0 Å². The number of hydrogen-bond acceptors (Lipinski definition) is 6. The van der Waals surface area contributed by atoms with Crippen molar-refractivity contribution in [2.75, 3.05) is 11.4 Å². The first-order valence-electron chi connectivity index (χ1n) is 15.2. The largest absolute Gasteiger partial charge is 0.441 e. The molecule has 0 N–H and O–H groups in total. The van der Waals surface area contributed by atoms with Gasteiger partial charge in [-0.1, -0.05) is 51.4 Å². The van der Waals surface area contributed by atoms with Crippen molar-refractivity contribution in [3.63, 3.8) is 0 Å². The Bertz CT molecular complexity index is 2090. The van der Waals surface area contributed by atoms with E-state index in [4.69, 9.17) is 9.62 Å². The van der Waals surface area contributed by atoms with Crippen LogP contribution in [0.5, 0.6) is 0 Å². The van der Waals surface area contributed by atoms with Crippen LogP contribution in [0.1, 0.15) is 46.4 Å². The molecule has 0 spiro atoms. The summed E-state index contributed by atoms with van der Waals surface area (Å²) in [7, 11) is 1.55. The van der Waals surface area contributed by atoms with Crippen LogP contribution in [0.3, 0.4) is 0 Å². The molecule has 5 aromatic rings. The van der Waals surface area contributed by atoms with Crippen molar-refractivity contribution in [3.05, 3.63) is 116 Å². The second-order valence-electron chi connectivity index (χ2n) is 12.1. The topological polar surface area (TPSA) is 106 Å². The molecule has 0 bridgehead atoms. The van der Waals surface area contributed by atoms with Crippen molar-refractivity contribution < 1.29 is 27.3 Å². The van der Waals surface area contributed by atoms with Crippen LogP contribution in [0, 0.1) is 5.92 Å². The third kappa shape index (κ3) is 5.43. The van der Waals surface area contributed by atoms with Gasteiger partial charge >= 0.3 is 11.9 Å². The van der Waals surface area contributed by atoms with Gasteiger partial charge < -0.3 is 4.90 Å². The van der Waals surface area contributed by atoms with Gasteiger partial charge in [-0.05, 0) is 61.4 Å². The number of aromatic nitrogens is 4. The highest BCUT2D eigenvalue weighted by atomic mass is 79.9. The lowest BCUT2D eigenvalue weighted by Gasteiger charge is -2.47. The van der Waals surface area contributed by atoms with Crippen molar-refractivity contribution in [1.29, 1.82) is 0 Å². The van der Waals surface area contributed by atoms with Crippen LogP contribution in [0.4, 0.5) is 24.7 Å². The molecule has 7 rings (SSSR count). The van der Waals surface area contributed by atoms with E-state index in [1.165, 1.54) is 21.6 Å². The Balaban J connectivity index is 1.27. The summed E-state index contributed by atoms with van der Waals surface area (Å²) in [6.07, 6.45) is -2.16. The SMILES string of the molecule is C[C@H]1CC2C(=O)N(c3ccc(-c4noc(=O)n4C)cc3)c3c(Cc4ccccc4)cnn3C2CN1C(=O)c1ccc(Br)c(C(F)(F)F)c1. The highest BCUT2D eigenvalue weighted by Crippen LogP contribution is 2.45. The minimum Gasteiger partial charge on any atom is -0.334 e. The number of alkyl halides is 3. The normalized spacial score (nSPS) is 19.3. The van der Waals surface area contributed by atoms with Gasteiger partial charge in [-0.3, -0.25) is 23.6 Å². The molecule has 10 nitrogen and oxygen atoms in total. The molecule has 4 heterocycles. The quantitative estimate of drug-likeness (QED) is 0.209. The van der Waals surface area contributed by atoms with Gasteiger partial charge in [0.1, 0.15) is 5.82 Å². The minimum atomic E-state index is -4.64. The zero-order valence-corrected chi connectivity index (χ0v) is 27.3. The van der Waals surface area contributed by atoms with E-state index in [2.05, 4.69) is 21.1 Å². The fraction of sp³-hybridized carbons (Fsp3) is 0.265. The number of likely N-dealkylation sites (tertiary alicyclic amines) is 1. The third-order valence-electron chi connectivity index (χ3n) is 9.08. The zero-order chi connectivity index (χ0) is 33.9. The number of carbonyl (C=O) groups excluding carboxylic acids is 2. The molecule has 2 unspecified atom stereocenters. The standard InChI is InChI=1S/C34H28BrF3N6O4/c1-19-14-25-28(18-42(19)31(45)22-10-13-27(35)26(16-22)34(36,37)38)44-30(23(17-39-44)15-20-6-4-3-5-7-20)43(32(25)46)24-11-8-21(9-12-24)29-40-48-33(47)41(29)2/h3-13,16-17,19,25,28H,14-15,18H2,1-2H3/t19-,25?,28?/m0/s1. The molecule has 2 aromatic heterocycles. The summed E-state index contributed by atoms with van der Waals surface area (Å²) in [6.45, 7) is 1.88. The van der Waals surface area contributed by atoms with E-state index in [9.17, 15) is 27.6 Å². The van der Waals surface area contributed by atoms with Gasteiger partial charge in [0, 0.05) is 47.2 Å². The van der Waals surface area contributed by atoms with E-state index in [0.717, 1.165) is 17.2 Å². The van der Waals surface area contributed by atoms with Gasteiger partial charge in [-0.15, -0.1) is 0 Å². The van der Waals surface area contributed by atoms with Crippen LogP contribution in [-0.2, 0) is 24.4 Å². The number of anilines is 2. The molecule has 246 valence electrons. The smallest absolute Gasteiger partial charge is 0.334 e. The predicted octanol–water partition coefficient (Wildman–Crippen LogP) is 6.38. The molecule has 0 aliphatic carbocycles. The summed E-state index contributed by atoms with van der Waals surface area (Å²) in [4.78, 5) is 43.3. The average Bonchev–Trinajstić information content (AvgIpc) is 3.63. The van der Waals surface area contributed by atoms with Crippen molar-refractivity contribution in [1.82, 2.24) is 24.4 Å². The molecule has 1 fully saturated rings. The van der Waals surface area contributed by atoms with Crippen LogP contribution in [0.15, 0.2) is 92.8 Å². The number of halogens is 4. The van der Waals surface area contributed by atoms with Crippen molar-refractivity contribution in [3.8, 4) is 11.4 Å². The second kappa shape index (κ2) is 11.9. The predicted molar refractivity (Wildman–Crippen MR) is 173 cm³/mol. The molecule has 1 saturated heterocycles. The van der Waals surface area contributed by atoms with E-state index in [1.807, 2.05) is 30.3 Å². The zero-order valence-electron chi connectivity index (χ0n) is 25.7. The fourth-order valence-corrected chi connectivity index (χ4v) is 7.11. The number of piperidine rings is 1. The summed E-state index contributed by atoms with van der Waals surface area (Å²) in [5.41, 5.74) is 1.97. The van der Waals surface area contributed by atoms with Crippen molar-refractivity contribution >= 4 is 39.2 Å². The Morgan fingerprint density at radius 3 is 2.44 bits per heavy atom.